The van der Waals surface area contributed by atoms with E-state index in [1.165, 1.54) is 12.1 Å². The first-order valence-corrected chi connectivity index (χ1v) is 10.4. The molecule has 33 heavy (non-hydrogen) atoms. The first-order valence-electron chi connectivity index (χ1n) is 10.4. The minimum absolute atomic E-state index is 0.0316. The standard InChI is InChI=1S/C27H18FN3O2/c28-26-21(9-4-10-25(26)33-17-18-6-2-1-3-7-18)27(32)19-11-12-22-23(14-19)31-24(16-30-22)20-8-5-13-29-15-20/h1-16H,17H2. The molecular weight excluding hydrogens is 417 g/mol. The third-order valence-corrected chi connectivity index (χ3v) is 5.21. The summed E-state index contributed by atoms with van der Waals surface area (Å²) in [5, 5.41) is 0. The van der Waals surface area contributed by atoms with E-state index < -0.39 is 11.6 Å². The van der Waals surface area contributed by atoms with Gasteiger partial charge in [-0.1, -0.05) is 36.4 Å². The van der Waals surface area contributed by atoms with Crippen LogP contribution in [0.2, 0.25) is 0 Å². The summed E-state index contributed by atoms with van der Waals surface area (Å²) < 4.78 is 20.8. The molecule has 0 saturated carbocycles. The molecule has 0 amide bonds. The SMILES string of the molecule is O=C(c1ccc2ncc(-c3cccnc3)nc2c1)c1cccc(OCc2ccccc2)c1F. The van der Waals surface area contributed by atoms with Crippen LogP contribution in [0.25, 0.3) is 22.3 Å². The summed E-state index contributed by atoms with van der Waals surface area (Å²) in [6, 6.07) is 22.7. The Hall–Kier alpha value is -4.45. The molecular formula is C27H18FN3O2. The maximum Gasteiger partial charge on any atom is 0.196 e. The highest BCUT2D eigenvalue weighted by atomic mass is 19.1. The van der Waals surface area contributed by atoms with E-state index in [2.05, 4.69) is 15.0 Å². The van der Waals surface area contributed by atoms with Gasteiger partial charge in [-0.05, 0) is 48.0 Å². The maximum absolute atomic E-state index is 15.1. The lowest BCUT2D eigenvalue weighted by Gasteiger charge is -2.10. The molecule has 5 nitrogen and oxygen atoms in total. The summed E-state index contributed by atoms with van der Waals surface area (Å²) in [5.74, 6) is -1.11. The van der Waals surface area contributed by atoms with Crippen LogP contribution in [0.15, 0.2) is 97.5 Å². The quantitative estimate of drug-likeness (QED) is 0.323. The highest BCUT2D eigenvalue weighted by molar-refractivity contribution is 6.10. The van der Waals surface area contributed by atoms with Gasteiger partial charge in [-0.25, -0.2) is 9.37 Å². The van der Waals surface area contributed by atoms with E-state index in [-0.39, 0.29) is 17.9 Å². The molecule has 0 bridgehead atoms. The van der Waals surface area contributed by atoms with Gasteiger partial charge in [-0.15, -0.1) is 0 Å². The van der Waals surface area contributed by atoms with Gasteiger partial charge in [0.1, 0.15) is 6.61 Å². The van der Waals surface area contributed by atoms with E-state index in [4.69, 9.17) is 4.74 Å². The lowest BCUT2D eigenvalue weighted by atomic mass is 10.0. The van der Waals surface area contributed by atoms with E-state index in [0.29, 0.717) is 22.3 Å². The van der Waals surface area contributed by atoms with E-state index in [0.717, 1.165) is 11.1 Å². The highest BCUT2D eigenvalue weighted by Crippen LogP contribution is 2.25. The fraction of sp³-hybridized carbons (Fsp3) is 0.0370. The number of fused-ring (bicyclic) bond motifs is 1. The summed E-state index contributed by atoms with van der Waals surface area (Å²) in [5.41, 5.74) is 3.81. The first-order chi connectivity index (χ1) is 16.2. The average molecular weight is 435 g/mol. The molecule has 5 rings (SSSR count). The van der Waals surface area contributed by atoms with Crippen molar-refractivity contribution in [1.29, 1.82) is 0 Å². The number of carbonyl (C=O) groups is 1. The topological polar surface area (TPSA) is 65.0 Å². The zero-order valence-electron chi connectivity index (χ0n) is 17.5. The molecule has 2 aromatic heterocycles. The summed E-state index contributed by atoms with van der Waals surface area (Å²) in [6.45, 7) is 0.206. The minimum Gasteiger partial charge on any atom is -0.486 e. The molecule has 6 heteroatoms. The number of carbonyl (C=O) groups excluding carboxylic acids is 1. The van der Waals surface area contributed by atoms with Crippen molar-refractivity contribution < 1.29 is 13.9 Å². The second-order valence-electron chi connectivity index (χ2n) is 7.42. The predicted molar refractivity (Wildman–Crippen MR) is 123 cm³/mol. The van der Waals surface area contributed by atoms with Crippen molar-refractivity contribution in [3.63, 3.8) is 0 Å². The van der Waals surface area contributed by atoms with Crippen LogP contribution in [0.3, 0.4) is 0 Å². The van der Waals surface area contributed by atoms with Gasteiger partial charge in [-0.3, -0.25) is 14.8 Å². The van der Waals surface area contributed by atoms with Gasteiger partial charge in [0.05, 0.1) is 28.5 Å². The molecule has 5 aromatic rings. The lowest BCUT2D eigenvalue weighted by Crippen LogP contribution is -2.07. The maximum atomic E-state index is 15.1. The normalized spacial score (nSPS) is 10.8. The molecule has 0 saturated heterocycles. The van der Waals surface area contributed by atoms with Crippen molar-refractivity contribution in [2.75, 3.05) is 0 Å². The van der Waals surface area contributed by atoms with Crippen LogP contribution in [-0.4, -0.2) is 20.7 Å². The molecule has 0 unspecified atom stereocenters. The molecule has 0 atom stereocenters. The summed E-state index contributed by atoms with van der Waals surface area (Å²) >= 11 is 0. The monoisotopic (exact) mass is 435 g/mol. The van der Waals surface area contributed by atoms with Crippen molar-refractivity contribution in [3.8, 4) is 17.0 Å². The number of benzene rings is 3. The van der Waals surface area contributed by atoms with Crippen LogP contribution in [0.1, 0.15) is 21.5 Å². The Morgan fingerprint density at radius 2 is 1.76 bits per heavy atom. The van der Waals surface area contributed by atoms with Crippen molar-refractivity contribution in [3.05, 3.63) is 120 Å². The number of ketones is 1. The summed E-state index contributed by atoms with van der Waals surface area (Å²) in [6.07, 6.45) is 5.04. The zero-order chi connectivity index (χ0) is 22.6. The molecule has 0 fully saturated rings. The fourth-order valence-electron chi connectivity index (χ4n) is 3.49. The number of hydrogen-bond acceptors (Lipinski definition) is 5. The third kappa shape index (κ3) is 4.32. The van der Waals surface area contributed by atoms with Crippen LogP contribution >= 0.6 is 0 Å². The number of rotatable bonds is 6. The van der Waals surface area contributed by atoms with Crippen molar-refractivity contribution in [2.45, 2.75) is 6.61 Å². The number of nitrogens with zero attached hydrogens (tertiary/aromatic N) is 3. The van der Waals surface area contributed by atoms with Gasteiger partial charge >= 0.3 is 0 Å². The Morgan fingerprint density at radius 1 is 0.879 bits per heavy atom. The Kier molecular flexibility index (Phi) is 5.55. The molecule has 0 aliphatic rings. The van der Waals surface area contributed by atoms with Crippen LogP contribution in [0, 0.1) is 5.82 Å². The largest absolute Gasteiger partial charge is 0.486 e. The summed E-state index contributed by atoms with van der Waals surface area (Å²) in [4.78, 5) is 26.3. The van der Waals surface area contributed by atoms with Gasteiger partial charge in [0.25, 0.3) is 0 Å². The van der Waals surface area contributed by atoms with Gasteiger partial charge in [0.15, 0.2) is 17.3 Å². The van der Waals surface area contributed by atoms with Crippen molar-refractivity contribution >= 4 is 16.8 Å². The fourth-order valence-corrected chi connectivity index (χ4v) is 3.49. The van der Waals surface area contributed by atoms with E-state index >= 15 is 4.39 Å². The van der Waals surface area contributed by atoms with E-state index in [1.807, 2.05) is 42.5 Å². The molecule has 0 aliphatic heterocycles. The van der Waals surface area contributed by atoms with E-state index in [1.54, 1.807) is 42.9 Å². The Bertz CT molecular complexity index is 1440. The molecule has 0 aliphatic carbocycles. The van der Waals surface area contributed by atoms with Crippen LogP contribution < -0.4 is 4.74 Å². The molecule has 3 aromatic carbocycles. The zero-order valence-corrected chi connectivity index (χ0v) is 17.5. The number of aromatic nitrogens is 3. The Morgan fingerprint density at radius 3 is 2.58 bits per heavy atom. The minimum atomic E-state index is -0.686. The number of ether oxygens (including phenoxy) is 1. The number of pyridine rings is 1. The Labute approximate surface area is 189 Å². The molecule has 0 radical (unpaired) electrons. The third-order valence-electron chi connectivity index (χ3n) is 5.21. The summed E-state index contributed by atoms with van der Waals surface area (Å²) in [7, 11) is 0. The Balaban J connectivity index is 1.44. The van der Waals surface area contributed by atoms with Gasteiger partial charge in [-0.2, -0.15) is 0 Å². The highest BCUT2D eigenvalue weighted by Gasteiger charge is 2.18. The molecule has 160 valence electrons. The van der Waals surface area contributed by atoms with Gasteiger partial charge in [0.2, 0.25) is 0 Å². The van der Waals surface area contributed by atoms with Crippen molar-refractivity contribution in [1.82, 2.24) is 15.0 Å². The lowest BCUT2D eigenvalue weighted by molar-refractivity contribution is 0.103. The number of hydrogen-bond donors (Lipinski definition) is 0. The molecule has 0 spiro atoms. The predicted octanol–water partition coefficient (Wildman–Crippen LogP) is 5.64. The molecule has 0 N–H and O–H groups in total. The molecule has 2 heterocycles. The van der Waals surface area contributed by atoms with Gasteiger partial charge in [0, 0.05) is 23.5 Å². The first kappa shape index (κ1) is 20.5. The van der Waals surface area contributed by atoms with Crippen LogP contribution in [-0.2, 0) is 6.61 Å². The second-order valence-corrected chi connectivity index (χ2v) is 7.42. The van der Waals surface area contributed by atoms with Crippen LogP contribution in [0.4, 0.5) is 4.39 Å². The van der Waals surface area contributed by atoms with Gasteiger partial charge < -0.3 is 4.74 Å². The smallest absolute Gasteiger partial charge is 0.196 e. The van der Waals surface area contributed by atoms with Crippen LogP contribution in [0.5, 0.6) is 5.75 Å². The second kappa shape index (κ2) is 8.96. The van der Waals surface area contributed by atoms with Crippen molar-refractivity contribution in [2.24, 2.45) is 0 Å². The van der Waals surface area contributed by atoms with E-state index in [9.17, 15) is 4.79 Å². The number of halogens is 1. The average Bonchev–Trinajstić information content (AvgIpc) is 2.88.